The first kappa shape index (κ1) is 9.95. The summed E-state index contributed by atoms with van der Waals surface area (Å²) in [7, 11) is 3.72. The summed E-state index contributed by atoms with van der Waals surface area (Å²) in [5.41, 5.74) is 2.32. The van der Waals surface area contributed by atoms with Gasteiger partial charge in [-0.05, 0) is 31.8 Å². The van der Waals surface area contributed by atoms with Crippen molar-refractivity contribution in [2.45, 2.75) is 6.17 Å². The van der Waals surface area contributed by atoms with Crippen LogP contribution in [0.25, 0.3) is 11.1 Å². The van der Waals surface area contributed by atoms with Crippen molar-refractivity contribution in [3.05, 3.63) is 34.3 Å². The van der Waals surface area contributed by atoms with Gasteiger partial charge in [0.2, 0.25) is 0 Å². The number of oxazole rings is 1. The number of benzene rings is 1. The summed E-state index contributed by atoms with van der Waals surface area (Å²) in [6.07, 6.45) is 0.0506. The van der Waals surface area contributed by atoms with Gasteiger partial charge in [0, 0.05) is 0 Å². The molecule has 0 fully saturated rings. The van der Waals surface area contributed by atoms with E-state index in [2.05, 4.69) is 15.6 Å². The Kier molecular flexibility index (Phi) is 2.57. The topological polar surface area (TPSA) is 70.1 Å². The van der Waals surface area contributed by atoms with Gasteiger partial charge >= 0.3 is 5.76 Å². The summed E-state index contributed by atoms with van der Waals surface area (Å²) in [5, 5.41) is 6.20. The summed E-state index contributed by atoms with van der Waals surface area (Å²) >= 11 is 0. The van der Waals surface area contributed by atoms with E-state index in [0.29, 0.717) is 5.58 Å². The van der Waals surface area contributed by atoms with Crippen LogP contribution in [0.3, 0.4) is 0 Å². The van der Waals surface area contributed by atoms with Crippen LogP contribution in [0.1, 0.15) is 11.7 Å². The molecule has 0 amide bonds. The molecule has 1 heterocycles. The van der Waals surface area contributed by atoms with E-state index in [0.717, 1.165) is 11.1 Å². The molecule has 1 aromatic heterocycles. The molecule has 2 aromatic rings. The molecule has 0 saturated heterocycles. The van der Waals surface area contributed by atoms with Crippen LogP contribution >= 0.6 is 0 Å². The number of H-pyrrole nitrogens is 1. The Labute approximate surface area is 86.5 Å². The maximum atomic E-state index is 11.0. The molecule has 1 aromatic carbocycles. The van der Waals surface area contributed by atoms with Crippen LogP contribution in [0, 0.1) is 0 Å². The first-order valence-corrected chi connectivity index (χ1v) is 4.72. The number of hydrogen-bond donors (Lipinski definition) is 3. The molecule has 0 saturated carbocycles. The van der Waals surface area contributed by atoms with Gasteiger partial charge in [-0.3, -0.25) is 4.98 Å². The van der Waals surface area contributed by atoms with Gasteiger partial charge in [0.25, 0.3) is 0 Å². The molecule has 0 unspecified atom stereocenters. The van der Waals surface area contributed by atoms with E-state index >= 15 is 0 Å². The number of nitrogens with one attached hydrogen (secondary N) is 3. The monoisotopic (exact) mass is 207 g/mol. The minimum atomic E-state index is -0.424. The highest BCUT2D eigenvalue weighted by molar-refractivity contribution is 5.72. The lowest BCUT2D eigenvalue weighted by atomic mass is 10.1. The second-order valence-electron chi connectivity index (χ2n) is 3.28. The molecule has 0 atom stereocenters. The van der Waals surface area contributed by atoms with Crippen LogP contribution in [0.5, 0.6) is 0 Å². The molecule has 0 spiro atoms. The molecule has 0 radical (unpaired) electrons. The second kappa shape index (κ2) is 3.88. The van der Waals surface area contributed by atoms with Crippen molar-refractivity contribution in [3.8, 4) is 0 Å². The minimum Gasteiger partial charge on any atom is -0.408 e. The zero-order valence-corrected chi connectivity index (χ0v) is 8.63. The SMILES string of the molecule is CNC(NC)c1ccc2[nH]c(=O)oc2c1. The van der Waals surface area contributed by atoms with E-state index in [1.807, 2.05) is 32.3 Å². The van der Waals surface area contributed by atoms with E-state index in [1.165, 1.54) is 0 Å². The van der Waals surface area contributed by atoms with Crippen molar-refractivity contribution in [3.63, 3.8) is 0 Å². The average Bonchev–Trinajstić information content (AvgIpc) is 2.59. The van der Waals surface area contributed by atoms with Gasteiger partial charge in [0.15, 0.2) is 5.58 Å². The number of fused-ring (bicyclic) bond motifs is 1. The van der Waals surface area contributed by atoms with Gasteiger partial charge in [0.1, 0.15) is 0 Å². The summed E-state index contributed by atoms with van der Waals surface area (Å²) in [6.45, 7) is 0. The fraction of sp³-hybridized carbons (Fsp3) is 0.300. The Morgan fingerprint density at radius 3 is 2.73 bits per heavy atom. The third-order valence-electron chi connectivity index (χ3n) is 2.36. The number of aromatic nitrogens is 1. The quantitative estimate of drug-likeness (QED) is 0.643. The number of rotatable bonds is 3. The summed E-state index contributed by atoms with van der Waals surface area (Å²) < 4.78 is 4.98. The molecule has 3 N–H and O–H groups in total. The van der Waals surface area contributed by atoms with Crippen LogP contribution in [-0.4, -0.2) is 19.1 Å². The van der Waals surface area contributed by atoms with Gasteiger partial charge in [-0.25, -0.2) is 4.79 Å². The van der Waals surface area contributed by atoms with Gasteiger partial charge < -0.3 is 15.1 Å². The zero-order chi connectivity index (χ0) is 10.8. The number of aromatic amines is 1. The van der Waals surface area contributed by atoms with E-state index in [4.69, 9.17) is 4.42 Å². The predicted molar refractivity (Wildman–Crippen MR) is 57.7 cm³/mol. The van der Waals surface area contributed by atoms with E-state index in [1.54, 1.807) is 0 Å². The minimum absolute atomic E-state index is 0.0506. The molecule has 2 rings (SSSR count). The van der Waals surface area contributed by atoms with E-state index in [-0.39, 0.29) is 6.17 Å². The van der Waals surface area contributed by atoms with Crippen LogP contribution in [0.2, 0.25) is 0 Å². The molecule has 0 aliphatic heterocycles. The van der Waals surface area contributed by atoms with Crippen molar-refractivity contribution >= 4 is 11.1 Å². The van der Waals surface area contributed by atoms with E-state index in [9.17, 15) is 4.79 Å². The van der Waals surface area contributed by atoms with Crippen molar-refractivity contribution < 1.29 is 4.42 Å². The molecular formula is C10H13N3O2. The van der Waals surface area contributed by atoms with Crippen molar-refractivity contribution in [1.29, 1.82) is 0 Å². The summed E-state index contributed by atoms with van der Waals surface area (Å²) in [6, 6.07) is 5.60. The van der Waals surface area contributed by atoms with Crippen molar-refractivity contribution in [2.24, 2.45) is 0 Å². The third kappa shape index (κ3) is 1.79. The molecule has 5 heteroatoms. The standard InChI is InChI=1S/C10H13N3O2/c1-11-9(12-2)6-3-4-7-8(5-6)15-10(14)13-7/h3-5,9,11-12H,1-2H3,(H,13,14). The van der Waals surface area contributed by atoms with Gasteiger partial charge in [0.05, 0.1) is 11.7 Å². The lowest BCUT2D eigenvalue weighted by Gasteiger charge is -2.14. The highest BCUT2D eigenvalue weighted by Gasteiger charge is 2.08. The largest absolute Gasteiger partial charge is 0.417 e. The predicted octanol–water partition coefficient (Wildman–Crippen LogP) is 0.558. The highest BCUT2D eigenvalue weighted by Crippen LogP contribution is 2.16. The Morgan fingerprint density at radius 2 is 2.07 bits per heavy atom. The molecule has 0 bridgehead atoms. The fourth-order valence-corrected chi connectivity index (χ4v) is 1.62. The van der Waals surface area contributed by atoms with Crippen molar-refractivity contribution in [1.82, 2.24) is 15.6 Å². The third-order valence-corrected chi connectivity index (χ3v) is 2.36. The molecule has 0 aliphatic carbocycles. The second-order valence-corrected chi connectivity index (χ2v) is 3.28. The molecule has 15 heavy (non-hydrogen) atoms. The Hall–Kier alpha value is -1.59. The Bertz CT molecular complexity index is 511. The van der Waals surface area contributed by atoms with Crippen LogP contribution in [0.4, 0.5) is 0 Å². The lowest BCUT2D eigenvalue weighted by Crippen LogP contribution is -2.28. The van der Waals surface area contributed by atoms with Crippen LogP contribution < -0.4 is 16.4 Å². The number of hydrogen-bond acceptors (Lipinski definition) is 4. The van der Waals surface area contributed by atoms with Gasteiger partial charge in [-0.15, -0.1) is 0 Å². The fourth-order valence-electron chi connectivity index (χ4n) is 1.62. The van der Waals surface area contributed by atoms with Gasteiger partial charge in [-0.2, -0.15) is 0 Å². The lowest BCUT2D eigenvalue weighted by molar-refractivity contribution is 0.517. The zero-order valence-electron chi connectivity index (χ0n) is 8.63. The van der Waals surface area contributed by atoms with Gasteiger partial charge in [-0.1, -0.05) is 6.07 Å². The van der Waals surface area contributed by atoms with E-state index < -0.39 is 5.76 Å². The first-order valence-electron chi connectivity index (χ1n) is 4.72. The van der Waals surface area contributed by atoms with Crippen LogP contribution in [0.15, 0.2) is 27.4 Å². The highest BCUT2D eigenvalue weighted by atomic mass is 16.4. The Morgan fingerprint density at radius 1 is 1.33 bits per heavy atom. The molecule has 5 nitrogen and oxygen atoms in total. The summed E-state index contributed by atoms with van der Waals surface area (Å²) in [4.78, 5) is 13.6. The average molecular weight is 207 g/mol. The molecular weight excluding hydrogens is 194 g/mol. The summed E-state index contributed by atoms with van der Waals surface area (Å²) in [5.74, 6) is -0.424. The van der Waals surface area contributed by atoms with Crippen molar-refractivity contribution in [2.75, 3.05) is 14.1 Å². The first-order chi connectivity index (χ1) is 7.24. The molecule has 0 aliphatic rings. The molecule has 80 valence electrons. The maximum Gasteiger partial charge on any atom is 0.417 e. The smallest absolute Gasteiger partial charge is 0.408 e. The van der Waals surface area contributed by atoms with Crippen LogP contribution in [-0.2, 0) is 0 Å². The maximum absolute atomic E-state index is 11.0. The Balaban J connectivity index is 2.49. The normalized spacial score (nSPS) is 11.4.